The summed E-state index contributed by atoms with van der Waals surface area (Å²) in [5.74, 6) is 0.405. The fourth-order valence-electron chi connectivity index (χ4n) is 2.44. The number of nitrogens with zero attached hydrogens (tertiary/aromatic N) is 1. The monoisotopic (exact) mass is 338 g/mol. The van der Waals surface area contributed by atoms with Crippen molar-refractivity contribution in [3.63, 3.8) is 0 Å². The molecule has 0 fully saturated rings. The number of carbonyl (C=O) groups is 2. The maximum Gasteiger partial charge on any atom is 0.323 e. The van der Waals surface area contributed by atoms with Crippen LogP contribution in [0.2, 0.25) is 0 Å². The van der Waals surface area contributed by atoms with E-state index < -0.39 is 6.03 Å². The van der Waals surface area contributed by atoms with E-state index in [2.05, 4.69) is 20.9 Å². The van der Waals surface area contributed by atoms with Crippen LogP contribution < -0.4 is 16.0 Å². The van der Waals surface area contributed by atoms with E-state index in [4.69, 9.17) is 4.42 Å². The molecule has 7 heteroatoms. The zero-order valence-electron chi connectivity index (χ0n) is 14.1. The van der Waals surface area contributed by atoms with Crippen molar-refractivity contribution in [1.82, 2.24) is 4.98 Å². The first-order valence-corrected chi connectivity index (χ1v) is 7.74. The second-order valence-electron chi connectivity index (χ2n) is 5.71. The molecule has 0 aliphatic carbocycles. The lowest BCUT2D eigenvalue weighted by atomic mass is 10.2. The number of rotatable bonds is 3. The quantitative estimate of drug-likeness (QED) is 0.671. The Morgan fingerprint density at radius 2 is 1.64 bits per heavy atom. The number of oxazole rings is 1. The minimum atomic E-state index is -0.395. The van der Waals surface area contributed by atoms with Crippen LogP contribution in [0.4, 0.5) is 21.9 Å². The lowest BCUT2D eigenvalue weighted by Gasteiger charge is -2.11. The van der Waals surface area contributed by atoms with Crippen LogP contribution in [0, 0.1) is 13.8 Å². The van der Waals surface area contributed by atoms with E-state index in [1.54, 1.807) is 37.3 Å². The summed E-state index contributed by atoms with van der Waals surface area (Å²) in [6, 6.07) is 10.2. The Bertz CT molecular complexity index is 962. The highest BCUT2D eigenvalue weighted by Gasteiger charge is 2.08. The fourth-order valence-corrected chi connectivity index (χ4v) is 2.44. The number of aryl methyl sites for hydroxylation is 2. The summed E-state index contributed by atoms with van der Waals surface area (Å²) in [6.07, 6.45) is 0. The van der Waals surface area contributed by atoms with Crippen LogP contribution in [0.3, 0.4) is 0 Å². The van der Waals surface area contributed by atoms with Crippen molar-refractivity contribution in [2.45, 2.75) is 20.8 Å². The van der Waals surface area contributed by atoms with Crippen molar-refractivity contribution in [1.29, 1.82) is 0 Å². The van der Waals surface area contributed by atoms with Gasteiger partial charge in [0, 0.05) is 37.0 Å². The van der Waals surface area contributed by atoms with Crippen molar-refractivity contribution >= 4 is 40.1 Å². The lowest BCUT2D eigenvalue weighted by Crippen LogP contribution is -2.19. The van der Waals surface area contributed by atoms with Gasteiger partial charge in [0.15, 0.2) is 11.5 Å². The average molecular weight is 338 g/mol. The minimum Gasteiger partial charge on any atom is -0.441 e. The topological polar surface area (TPSA) is 96.3 Å². The molecule has 7 nitrogen and oxygen atoms in total. The zero-order valence-corrected chi connectivity index (χ0v) is 14.1. The first kappa shape index (κ1) is 16.5. The molecule has 0 radical (unpaired) electrons. The van der Waals surface area contributed by atoms with Gasteiger partial charge >= 0.3 is 6.03 Å². The molecule has 3 rings (SSSR count). The number of hydrogen-bond donors (Lipinski definition) is 3. The van der Waals surface area contributed by atoms with Crippen LogP contribution in [0.25, 0.3) is 11.1 Å². The molecule has 25 heavy (non-hydrogen) atoms. The summed E-state index contributed by atoms with van der Waals surface area (Å²) in [4.78, 5) is 27.6. The van der Waals surface area contributed by atoms with Gasteiger partial charge in [0.25, 0.3) is 0 Å². The number of urea groups is 1. The van der Waals surface area contributed by atoms with Crippen molar-refractivity contribution in [3.8, 4) is 0 Å². The average Bonchev–Trinajstić information content (AvgIpc) is 2.89. The third-order valence-corrected chi connectivity index (χ3v) is 3.56. The molecule has 0 unspecified atom stereocenters. The van der Waals surface area contributed by atoms with Gasteiger partial charge in [-0.3, -0.25) is 4.79 Å². The number of anilines is 3. The summed E-state index contributed by atoms with van der Waals surface area (Å²) >= 11 is 0. The van der Waals surface area contributed by atoms with E-state index >= 15 is 0 Å². The Hall–Kier alpha value is -3.35. The van der Waals surface area contributed by atoms with Crippen LogP contribution >= 0.6 is 0 Å². The largest absolute Gasteiger partial charge is 0.441 e. The Morgan fingerprint density at radius 3 is 2.36 bits per heavy atom. The van der Waals surface area contributed by atoms with Crippen LogP contribution in [0.5, 0.6) is 0 Å². The number of fused-ring (bicyclic) bond motifs is 1. The Morgan fingerprint density at radius 1 is 0.960 bits per heavy atom. The second kappa shape index (κ2) is 6.64. The number of aromatic nitrogens is 1. The van der Waals surface area contributed by atoms with Gasteiger partial charge in [0.2, 0.25) is 5.91 Å². The standard InChI is InChI=1S/C18H18N4O3/c1-10-4-5-13(8-16(10)19-11(2)23)21-18(24)22-14-6-7-15-17(9-14)25-12(3)20-15/h4-9H,1-3H3,(H,19,23)(H2,21,22,24). The maximum atomic E-state index is 12.2. The number of hydrogen-bond acceptors (Lipinski definition) is 4. The minimum absolute atomic E-state index is 0.166. The summed E-state index contributed by atoms with van der Waals surface area (Å²) in [7, 11) is 0. The molecule has 0 saturated carbocycles. The molecule has 0 aliphatic heterocycles. The third-order valence-electron chi connectivity index (χ3n) is 3.56. The predicted octanol–water partition coefficient (Wildman–Crippen LogP) is 4.05. The predicted molar refractivity (Wildman–Crippen MR) is 96.9 cm³/mol. The Labute approximate surface area is 144 Å². The highest BCUT2D eigenvalue weighted by molar-refractivity contribution is 6.01. The van der Waals surface area contributed by atoms with Crippen molar-refractivity contribution in [3.05, 3.63) is 47.9 Å². The van der Waals surface area contributed by atoms with E-state index in [0.717, 1.165) is 11.1 Å². The Balaban J connectivity index is 1.72. The molecule has 3 N–H and O–H groups in total. The molecule has 0 saturated heterocycles. The van der Waals surface area contributed by atoms with Gasteiger partial charge in [0.1, 0.15) is 5.52 Å². The molecule has 1 heterocycles. The summed E-state index contributed by atoms with van der Waals surface area (Å²) in [6.45, 7) is 5.08. The first-order chi connectivity index (χ1) is 11.9. The zero-order chi connectivity index (χ0) is 18.0. The molecule has 0 aliphatic rings. The molecular weight excluding hydrogens is 320 g/mol. The van der Waals surface area contributed by atoms with Gasteiger partial charge in [-0.25, -0.2) is 9.78 Å². The number of carbonyl (C=O) groups excluding carboxylic acids is 2. The molecule has 0 bridgehead atoms. The summed E-state index contributed by atoms with van der Waals surface area (Å²) in [5, 5.41) is 8.21. The van der Waals surface area contributed by atoms with E-state index in [1.165, 1.54) is 6.92 Å². The highest BCUT2D eigenvalue weighted by atomic mass is 16.3. The number of nitrogens with one attached hydrogen (secondary N) is 3. The SMILES string of the molecule is CC(=O)Nc1cc(NC(=O)Nc2ccc3nc(C)oc3c2)ccc1C. The van der Waals surface area contributed by atoms with Gasteiger partial charge in [-0.2, -0.15) is 0 Å². The number of amides is 3. The first-order valence-electron chi connectivity index (χ1n) is 7.74. The van der Waals surface area contributed by atoms with Crippen molar-refractivity contribution in [2.75, 3.05) is 16.0 Å². The molecule has 3 aromatic rings. The summed E-state index contributed by atoms with van der Waals surface area (Å²) < 4.78 is 5.45. The van der Waals surface area contributed by atoms with Crippen molar-refractivity contribution in [2.24, 2.45) is 0 Å². The van der Waals surface area contributed by atoms with Crippen molar-refractivity contribution < 1.29 is 14.0 Å². The smallest absolute Gasteiger partial charge is 0.323 e. The van der Waals surface area contributed by atoms with E-state index in [1.807, 2.05) is 13.0 Å². The summed E-state index contributed by atoms with van der Waals surface area (Å²) in [5.41, 5.74) is 4.08. The van der Waals surface area contributed by atoms with Gasteiger partial charge in [-0.05, 0) is 36.8 Å². The van der Waals surface area contributed by atoms with Crippen LogP contribution in [-0.2, 0) is 4.79 Å². The highest BCUT2D eigenvalue weighted by Crippen LogP contribution is 2.22. The molecule has 1 aromatic heterocycles. The van der Waals surface area contributed by atoms with Gasteiger partial charge in [0.05, 0.1) is 0 Å². The van der Waals surface area contributed by atoms with Gasteiger partial charge in [-0.1, -0.05) is 6.07 Å². The molecule has 3 amide bonds. The van der Waals surface area contributed by atoms with E-state index in [-0.39, 0.29) is 5.91 Å². The molecule has 0 spiro atoms. The van der Waals surface area contributed by atoms with Crippen LogP contribution in [0.15, 0.2) is 40.8 Å². The number of benzene rings is 2. The second-order valence-corrected chi connectivity index (χ2v) is 5.71. The lowest BCUT2D eigenvalue weighted by molar-refractivity contribution is -0.114. The fraction of sp³-hybridized carbons (Fsp3) is 0.167. The molecule has 2 aromatic carbocycles. The molecule has 0 atom stereocenters. The molecular formula is C18H18N4O3. The van der Waals surface area contributed by atoms with E-state index in [0.29, 0.717) is 28.5 Å². The Kier molecular flexibility index (Phi) is 4.38. The van der Waals surface area contributed by atoms with E-state index in [9.17, 15) is 9.59 Å². The van der Waals surface area contributed by atoms with Gasteiger partial charge in [-0.15, -0.1) is 0 Å². The normalized spacial score (nSPS) is 10.5. The third kappa shape index (κ3) is 3.95. The van der Waals surface area contributed by atoms with Crippen LogP contribution in [0.1, 0.15) is 18.4 Å². The van der Waals surface area contributed by atoms with Gasteiger partial charge < -0.3 is 20.4 Å². The molecule has 128 valence electrons. The van der Waals surface area contributed by atoms with Crippen LogP contribution in [-0.4, -0.2) is 16.9 Å². The maximum absolute atomic E-state index is 12.2.